The summed E-state index contributed by atoms with van der Waals surface area (Å²) in [4.78, 5) is 0. The van der Waals surface area contributed by atoms with Crippen LogP contribution in [0.25, 0.3) is 0 Å². The van der Waals surface area contributed by atoms with Gasteiger partial charge in [-0.2, -0.15) is 0 Å². The number of hydrogen-bond donors (Lipinski definition) is 1. The molecular formula is C10H13F2N. The lowest BCUT2D eigenvalue weighted by atomic mass is 10.0. The van der Waals surface area contributed by atoms with Gasteiger partial charge < -0.3 is 5.73 Å². The van der Waals surface area contributed by atoms with Gasteiger partial charge in [0.2, 0.25) is 0 Å². The molecule has 3 heteroatoms. The number of nitrogens with two attached hydrogens (primary N) is 1. The molecule has 0 aliphatic heterocycles. The molecule has 0 unspecified atom stereocenters. The van der Waals surface area contributed by atoms with Gasteiger partial charge >= 0.3 is 0 Å². The molecule has 0 aliphatic rings. The summed E-state index contributed by atoms with van der Waals surface area (Å²) in [6.07, 6.45) is 1.41. The first-order chi connectivity index (χ1) is 6.16. The molecule has 13 heavy (non-hydrogen) atoms. The van der Waals surface area contributed by atoms with E-state index in [2.05, 4.69) is 0 Å². The maximum Gasteiger partial charge on any atom is 0.130 e. The lowest BCUT2D eigenvalue weighted by molar-refractivity contribution is 0.510. The Hall–Kier alpha value is -0.960. The molecule has 1 atom stereocenters. The molecule has 0 bridgehead atoms. The van der Waals surface area contributed by atoms with Crippen molar-refractivity contribution in [3.05, 3.63) is 35.4 Å². The van der Waals surface area contributed by atoms with E-state index in [1.165, 1.54) is 18.2 Å². The first-order valence-electron chi connectivity index (χ1n) is 4.36. The SMILES string of the molecule is CCC[C@H](N)c1c(F)cccc1F. The van der Waals surface area contributed by atoms with Gasteiger partial charge in [-0.15, -0.1) is 0 Å². The standard InChI is InChI=1S/C10H13F2N/c1-2-4-9(13)10-7(11)5-3-6-8(10)12/h3,5-6,9H,2,4,13H2,1H3/t9-/m0/s1. The van der Waals surface area contributed by atoms with Crippen LogP contribution in [0.4, 0.5) is 8.78 Å². The number of rotatable bonds is 3. The van der Waals surface area contributed by atoms with Crippen molar-refractivity contribution in [3.8, 4) is 0 Å². The van der Waals surface area contributed by atoms with E-state index < -0.39 is 17.7 Å². The van der Waals surface area contributed by atoms with Gasteiger partial charge in [-0.3, -0.25) is 0 Å². The predicted octanol–water partition coefficient (Wildman–Crippen LogP) is 2.76. The zero-order valence-corrected chi connectivity index (χ0v) is 7.56. The number of hydrogen-bond acceptors (Lipinski definition) is 1. The fourth-order valence-corrected chi connectivity index (χ4v) is 1.32. The second-order valence-corrected chi connectivity index (χ2v) is 3.03. The van der Waals surface area contributed by atoms with Crippen molar-refractivity contribution in [1.82, 2.24) is 0 Å². The molecule has 72 valence electrons. The third-order valence-corrected chi connectivity index (χ3v) is 1.97. The predicted molar refractivity (Wildman–Crippen MR) is 48.2 cm³/mol. The van der Waals surface area contributed by atoms with Gasteiger partial charge in [-0.05, 0) is 18.6 Å². The third kappa shape index (κ3) is 2.25. The van der Waals surface area contributed by atoms with Crippen LogP contribution in [0.15, 0.2) is 18.2 Å². The van der Waals surface area contributed by atoms with Crippen LogP contribution in [0.2, 0.25) is 0 Å². The second-order valence-electron chi connectivity index (χ2n) is 3.03. The van der Waals surface area contributed by atoms with E-state index in [0.29, 0.717) is 6.42 Å². The van der Waals surface area contributed by atoms with Crippen molar-refractivity contribution >= 4 is 0 Å². The highest BCUT2D eigenvalue weighted by Crippen LogP contribution is 2.21. The van der Waals surface area contributed by atoms with E-state index >= 15 is 0 Å². The molecule has 0 radical (unpaired) electrons. The molecule has 0 amide bonds. The van der Waals surface area contributed by atoms with Crippen LogP contribution in [0, 0.1) is 11.6 Å². The zero-order chi connectivity index (χ0) is 9.84. The van der Waals surface area contributed by atoms with E-state index in [4.69, 9.17) is 5.73 Å². The van der Waals surface area contributed by atoms with Crippen molar-refractivity contribution in [2.45, 2.75) is 25.8 Å². The van der Waals surface area contributed by atoms with Crippen LogP contribution in [0.3, 0.4) is 0 Å². The lowest BCUT2D eigenvalue weighted by Crippen LogP contribution is -2.13. The number of halogens is 2. The molecule has 1 nitrogen and oxygen atoms in total. The van der Waals surface area contributed by atoms with E-state index in [1.54, 1.807) is 0 Å². The Balaban J connectivity index is 2.98. The van der Waals surface area contributed by atoms with E-state index in [0.717, 1.165) is 6.42 Å². The quantitative estimate of drug-likeness (QED) is 0.769. The molecule has 0 spiro atoms. The van der Waals surface area contributed by atoms with E-state index in [9.17, 15) is 8.78 Å². The van der Waals surface area contributed by atoms with Gasteiger partial charge in [0.05, 0.1) is 0 Å². The molecule has 1 rings (SSSR count). The number of benzene rings is 1. The second kappa shape index (κ2) is 4.33. The molecule has 0 saturated heterocycles. The highest BCUT2D eigenvalue weighted by molar-refractivity contribution is 5.22. The largest absolute Gasteiger partial charge is 0.324 e. The van der Waals surface area contributed by atoms with E-state index in [-0.39, 0.29) is 5.56 Å². The molecule has 2 N–H and O–H groups in total. The third-order valence-electron chi connectivity index (χ3n) is 1.97. The summed E-state index contributed by atoms with van der Waals surface area (Å²) in [5.74, 6) is -1.11. The van der Waals surface area contributed by atoms with Crippen LogP contribution >= 0.6 is 0 Å². The first kappa shape index (κ1) is 10.1. The van der Waals surface area contributed by atoms with Gasteiger partial charge in [0, 0.05) is 11.6 Å². The highest BCUT2D eigenvalue weighted by atomic mass is 19.1. The smallest absolute Gasteiger partial charge is 0.130 e. The van der Waals surface area contributed by atoms with Crippen LogP contribution in [0.1, 0.15) is 31.4 Å². The van der Waals surface area contributed by atoms with E-state index in [1.807, 2.05) is 6.92 Å². The summed E-state index contributed by atoms with van der Waals surface area (Å²) in [5, 5.41) is 0. The average molecular weight is 185 g/mol. The summed E-state index contributed by atoms with van der Waals surface area (Å²) >= 11 is 0. The van der Waals surface area contributed by atoms with Crippen LogP contribution < -0.4 is 5.73 Å². The maximum atomic E-state index is 13.1. The van der Waals surface area contributed by atoms with Crippen molar-refractivity contribution in [2.75, 3.05) is 0 Å². The Kier molecular flexibility index (Phi) is 3.37. The van der Waals surface area contributed by atoms with Crippen molar-refractivity contribution in [3.63, 3.8) is 0 Å². The molecule has 1 aromatic carbocycles. The van der Waals surface area contributed by atoms with Gasteiger partial charge in [-0.1, -0.05) is 19.4 Å². The Morgan fingerprint density at radius 2 is 1.85 bits per heavy atom. The Morgan fingerprint density at radius 3 is 2.31 bits per heavy atom. The summed E-state index contributed by atoms with van der Waals surface area (Å²) in [6.45, 7) is 1.93. The summed E-state index contributed by atoms with van der Waals surface area (Å²) < 4.78 is 26.2. The van der Waals surface area contributed by atoms with Gasteiger partial charge in [-0.25, -0.2) is 8.78 Å². The van der Waals surface area contributed by atoms with Crippen LogP contribution in [0.5, 0.6) is 0 Å². The molecule has 0 aromatic heterocycles. The van der Waals surface area contributed by atoms with Gasteiger partial charge in [0.15, 0.2) is 0 Å². The average Bonchev–Trinajstić information content (AvgIpc) is 2.04. The molecule has 0 fully saturated rings. The van der Waals surface area contributed by atoms with Crippen molar-refractivity contribution in [1.29, 1.82) is 0 Å². The Bertz CT molecular complexity index is 266. The van der Waals surface area contributed by atoms with Crippen LogP contribution in [-0.2, 0) is 0 Å². The van der Waals surface area contributed by atoms with Gasteiger partial charge in [0.1, 0.15) is 11.6 Å². The van der Waals surface area contributed by atoms with Crippen molar-refractivity contribution in [2.24, 2.45) is 5.73 Å². The molecule has 0 aliphatic carbocycles. The highest BCUT2D eigenvalue weighted by Gasteiger charge is 2.14. The lowest BCUT2D eigenvalue weighted by Gasteiger charge is -2.12. The molecule has 0 saturated carbocycles. The van der Waals surface area contributed by atoms with Gasteiger partial charge in [0.25, 0.3) is 0 Å². The van der Waals surface area contributed by atoms with Crippen molar-refractivity contribution < 1.29 is 8.78 Å². The Morgan fingerprint density at radius 1 is 1.31 bits per heavy atom. The van der Waals surface area contributed by atoms with Crippen LogP contribution in [-0.4, -0.2) is 0 Å². The maximum absolute atomic E-state index is 13.1. The molecule has 1 aromatic rings. The monoisotopic (exact) mass is 185 g/mol. The summed E-state index contributed by atoms with van der Waals surface area (Å²) in [6, 6.07) is 3.26. The Labute approximate surface area is 76.6 Å². The molecule has 0 heterocycles. The normalized spacial score (nSPS) is 12.9. The summed E-state index contributed by atoms with van der Waals surface area (Å²) in [5.41, 5.74) is 5.63. The fourth-order valence-electron chi connectivity index (χ4n) is 1.32. The first-order valence-corrected chi connectivity index (χ1v) is 4.36. The minimum absolute atomic E-state index is 0.00403. The fraction of sp³-hybridized carbons (Fsp3) is 0.400. The topological polar surface area (TPSA) is 26.0 Å². The molecular weight excluding hydrogens is 172 g/mol. The minimum atomic E-state index is -0.555. The minimum Gasteiger partial charge on any atom is -0.324 e. The summed E-state index contributed by atoms with van der Waals surface area (Å²) in [7, 11) is 0. The zero-order valence-electron chi connectivity index (χ0n) is 7.56.